The number of hydrogen-bond donors (Lipinski definition) is 2. The van der Waals surface area contributed by atoms with Crippen LogP contribution in [-0.4, -0.2) is 62.1 Å². The summed E-state index contributed by atoms with van der Waals surface area (Å²) in [5.74, 6) is 2.05. The Labute approximate surface area is 122 Å². The highest BCUT2D eigenvalue weighted by atomic mass is 32.2. The average Bonchev–Trinajstić information content (AvgIpc) is 2.46. The zero-order valence-corrected chi connectivity index (χ0v) is 13.6. The molecule has 1 unspecified atom stereocenters. The van der Waals surface area contributed by atoms with Gasteiger partial charge < -0.3 is 10.6 Å². The highest BCUT2D eigenvalue weighted by Gasteiger charge is 2.19. The number of piperidine rings is 1. The van der Waals surface area contributed by atoms with E-state index >= 15 is 0 Å². The molecule has 4 nitrogen and oxygen atoms in total. The lowest BCUT2D eigenvalue weighted by Crippen LogP contribution is -2.46. The van der Waals surface area contributed by atoms with Crippen molar-refractivity contribution in [3.63, 3.8) is 0 Å². The van der Waals surface area contributed by atoms with Crippen LogP contribution in [0, 0.1) is 0 Å². The molecule has 0 bridgehead atoms. The second-order valence-corrected chi connectivity index (χ2v) is 6.00. The number of guanidine groups is 1. The number of likely N-dealkylation sites (tertiary alicyclic amines) is 1. The van der Waals surface area contributed by atoms with Crippen LogP contribution in [0.5, 0.6) is 0 Å². The van der Waals surface area contributed by atoms with Gasteiger partial charge in [-0.05, 0) is 32.1 Å². The van der Waals surface area contributed by atoms with Gasteiger partial charge in [-0.1, -0.05) is 13.3 Å². The van der Waals surface area contributed by atoms with Crippen molar-refractivity contribution in [1.82, 2.24) is 15.5 Å². The van der Waals surface area contributed by atoms with Crippen LogP contribution in [0.2, 0.25) is 0 Å². The third kappa shape index (κ3) is 6.52. The second kappa shape index (κ2) is 10.4. The number of rotatable bonds is 7. The summed E-state index contributed by atoms with van der Waals surface area (Å²) >= 11 is 1.85. The standard InChI is InChI=1S/C14H30N4S/c1-4-13-7-5-6-10-18(13)11-8-16-14(15-2)17-9-12-19-3/h13H,4-12H2,1-3H3,(H2,15,16,17). The fraction of sp³-hybridized carbons (Fsp3) is 0.929. The molecule has 0 radical (unpaired) electrons. The van der Waals surface area contributed by atoms with Gasteiger partial charge >= 0.3 is 0 Å². The van der Waals surface area contributed by atoms with Gasteiger partial charge in [0.1, 0.15) is 0 Å². The Morgan fingerprint density at radius 3 is 2.79 bits per heavy atom. The first-order valence-electron chi connectivity index (χ1n) is 7.49. The Hall–Kier alpha value is -0.420. The molecule has 1 saturated heterocycles. The monoisotopic (exact) mass is 286 g/mol. The van der Waals surface area contributed by atoms with Gasteiger partial charge in [-0.3, -0.25) is 9.89 Å². The van der Waals surface area contributed by atoms with Crippen LogP contribution >= 0.6 is 11.8 Å². The Morgan fingerprint density at radius 1 is 1.32 bits per heavy atom. The van der Waals surface area contributed by atoms with E-state index in [1.54, 1.807) is 0 Å². The number of aliphatic imine (C=N–C) groups is 1. The van der Waals surface area contributed by atoms with Gasteiger partial charge in [-0.25, -0.2) is 0 Å². The van der Waals surface area contributed by atoms with E-state index in [0.29, 0.717) is 0 Å². The summed E-state index contributed by atoms with van der Waals surface area (Å²) in [6.07, 6.45) is 7.54. The van der Waals surface area contributed by atoms with E-state index in [4.69, 9.17) is 0 Å². The van der Waals surface area contributed by atoms with E-state index < -0.39 is 0 Å². The summed E-state index contributed by atoms with van der Waals surface area (Å²) in [4.78, 5) is 6.88. The van der Waals surface area contributed by atoms with Gasteiger partial charge in [0.2, 0.25) is 0 Å². The fourth-order valence-corrected chi connectivity index (χ4v) is 2.93. The summed E-state index contributed by atoms with van der Waals surface area (Å²) in [5.41, 5.74) is 0. The van der Waals surface area contributed by atoms with Crippen LogP contribution in [0.15, 0.2) is 4.99 Å². The molecule has 0 aliphatic carbocycles. The van der Waals surface area contributed by atoms with Crippen molar-refractivity contribution >= 4 is 17.7 Å². The normalized spacial score (nSPS) is 21.4. The van der Waals surface area contributed by atoms with Crippen LogP contribution in [0.3, 0.4) is 0 Å². The Bertz CT molecular complexity index is 258. The molecule has 1 rings (SSSR count). The zero-order valence-electron chi connectivity index (χ0n) is 12.7. The number of hydrogen-bond acceptors (Lipinski definition) is 3. The quantitative estimate of drug-likeness (QED) is 0.425. The predicted octanol–water partition coefficient (Wildman–Crippen LogP) is 1.78. The van der Waals surface area contributed by atoms with E-state index in [1.165, 1.54) is 32.2 Å². The molecule has 1 atom stereocenters. The minimum atomic E-state index is 0.794. The van der Waals surface area contributed by atoms with Crippen molar-refractivity contribution in [2.45, 2.75) is 38.6 Å². The van der Waals surface area contributed by atoms with Gasteiger partial charge in [0, 0.05) is 38.5 Å². The lowest BCUT2D eigenvalue weighted by Gasteiger charge is -2.35. The van der Waals surface area contributed by atoms with Crippen LogP contribution in [0.25, 0.3) is 0 Å². The molecule has 0 aromatic carbocycles. The van der Waals surface area contributed by atoms with Crippen molar-refractivity contribution in [3.8, 4) is 0 Å². The number of thioether (sulfide) groups is 1. The van der Waals surface area contributed by atoms with Gasteiger partial charge in [0.05, 0.1) is 0 Å². The maximum absolute atomic E-state index is 4.25. The van der Waals surface area contributed by atoms with Gasteiger partial charge in [-0.2, -0.15) is 11.8 Å². The SMILES string of the molecule is CCC1CCCCN1CCNC(=NC)NCCSC. The van der Waals surface area contributed by atoms with E-state index in [1.807, 2.05) is 18.8 Å². The Kier molecular flexibility index (Phi) is 9.08. The van der Waals surface area contributed by atoms with E-state index in [-0.39, 0.29) is 0 Å². The molecule has 0 saturated carbocycles. The van der Waals surface area contributed by atoms with Crippen molar-refractivity contribution < 1.29 is 0 Å². The second-order valence-electron chi connectivity index (χ2n) is 5.01. The molecule has 1 aliphatic rings. The first-order valence-corrected chi connectivity index (χ1v) is 8.88. The minimum absolute atomic E-state index is 0.794. The topological polar surface area (TPSA) is 39.7 Å². The maximum Gasteiger partial charge on any atom is 0.191 e. The number of nitrogens with zero attached hydrogens (tertiary/aromatic N) is 2. The minimum Gasteiger partial charge on any atom is -0.356 e. The van der Waals surface area contributed by atoms with Crippen molar-refractivity contribution in [1.29, 1.82) is 0 Å². The van der Waals surface area contributed by atoms with Gasteiger partial charge in [-0.15, -0.1) is 0 Å². The molecule has 5 heteroatoms. The lowest BCUT2D eigenvalue weighted by molar-refractivity contribution is 0.147. The fourth-order valence-electron chi connectivity index (χ4n) is 2.63. The average molecular weight is 286 g/mol. The van der Waals surface area contributed by atoms with Crippen molar-refractivity contribution in [2.75, 3.05) is 45.2 Å². The van der Waals surface area contributed by atoms with E-state index in [2.05, 4.69) is 33.7 Å². The summed E-state index contributed by atoms with van der Waals surface area (Å²) in [5, 5.41) is 6.74. The molecular weight excluding hydrogens is 256 g/mol. The molecule has 0 aromatic heterocycles. The van der Waals surface area contributed by atoms with E-state index in [9.17, 15) is 0 Å². The molecule has 1 fully saturated rings. The lowest BCUT2D eigenvalue weighted by atomic mass is 10.0. The Morgan fingerprint density at radius 2 is 2.11 bits per heavy atom. The van der Waals surface area contributed by atoms with Crippen molar-refractivity contribution in [2.24, 2.45) is 4.99 Å². The van der Waals surface area contributed by atoms with Gasteiger partial charge in [0.25, 0.3) is 0 Å². The van der Waals surface area contributed by atoms with Crippen LogP contribution in [0.4, 0.5) is 0 Å². The smallest absolute Gasteiger partial charge is 0.191 e. The van der Waals surface area contributed by atoms with Crippen LogP contribution < -0.4 is 10.6 Å². The van der Waals surface area contributed by atoms with Gasteiger partial charge in [0.15, 0.2) is 5.96 Å². The molecule has 0 spiro atoms. The summed E-state index contributed by atoms with van der Waals surface area (Å²) < 4.78 is 0. The molecule has 112 valence electrons. The van der Waals surface area contributed by atoms with Crippen molar-refractivity contribution in [3.05, 3.63) is 0 Å². The van der Waals surface area contributed by atoms with Crippen LogP contribution in [-0.2, 0) is 0 Å². The molecular formula is C14H30N4S. The summed E-state index contributed by atoms with van der Waals surface area (Å²) in [6.45, 7) is 6.65. The maximum atomic E-state index is 4.25. The highest BCUT2D eigenvalue weighted by molar-refractivity contribution is 7.98. The summed E-state index contributed by atoms with van der Waals surface area (Å²) in [6, 6.07) is 0.794. The largest absolute Gasteiger partial charge is 0.356 e. The first-order chi connectivity index (χ1) is 9.31. The predicted molar refractivity (Wildman–Crippen MR) is 87.2 cm³/mol. The summed E-state index contributed by atoms with van der Waals surface area (Å²) in [7, 11) is 1.84. The zero-order chi connectivity index (χ0) is 13.9. The van der Waals surface area contributed by atoms with E-state index in [0.717, 1.165) is 37.4 Å². The molecule has 1 heterocycles. The molecule has 1 aliphatic heterocycles. The third-order valence-electron chi connectivity index (χ3n) is 3.73. The Balaban J connectivity index is 2.20. The first kappa shape index (κ1) is 16.6. The molecule has 2 N–H and O–H groups in total. The van der Waals surface area contributed by atoms with Crippen LogP contribution in [0.1, 0.15) is 32.6 Å². The highest BCUT2D eigenvalue weighted by Crippen LogP contribution is 2.18. The molecule has 0 aromatic rings. The molecule has 0 amide bonds. The molecule has 19 heavy (non-hydrogen) atoms. The third-order valence-corrected chi connectivity index (χ3v) is 4.35. The number of nitrogens with one attached hydrogen (secondary N) is 2.